The SMILES string of the molecule is COc1ccc(NC(=S)NNC(=O)c2ccc(S(=O)(=O)N3CCOCC3)cc2)cc1. The first kappa shape index (κ1) is 22.0. The zero-order chi connectivity index (χ0) is 21.6. The maximum Gasteiger partial charge on any atom is 0.269 e. The van der Waals surface area contributed by atoms with Gasteiger partial charge in [-0.15, -0.1) is 0 Å². The normalized spacial score (nSPS) is 14.6. The summed E-state index contributed by atoms with van der Waals surface area (Å²) in [4.78, 5) is 12.4. The first-order chi connectivity index (χ1) is 14.4. The molecule has 0 bridgehead atoms. The largest absolute Gasteiger partial charge is 0.497 e. The van der Waals surface area contributed by atoms with Gasteiger partial charge in [-0.05, 0) is 60.7 Å². The van der Waals surface area contributed by atoms with Crippen molar-refractivity contribution < 1.29 is 22.7 Å². The summed E-state index contributed by atoms with van der Waals surface area (Å²) in [6, 6.07) is 12.8. The van der Waals surface area contributed by atoms with Crippen LogP contribution in [0.2, 0.25) is 0 Å². The average Bonchev–Trinajstić information content (AvgIpc) is 2.78. The number of hydrogen-bond donors (Lipinski definition) is 3. The van der Waals surface area contributed by atoms with Crippen LogP contribution in [0, 0.1) is 0 Å². The molecule has 2 aromatic carbocycles. The maximum absolute atomic E-state index is 12.6. The van der Waals surface area contributed by atoms with Gasteiger partial charge >= 0.3 is 0 Å². The third kappa shape index (κ3) is 5.45. The summed E-state index contributed by atoms with van der Waals surface area (Å²) in [5.41, 5.74) is 6.08. The van der Waals surface area contributed by atoms with E-state index in [1.165, 1.54) is 28.6 Å². The molecule has 0 spiro atoms. The minimum atomic E-state index is -3.60. The highest BCUT2D eigenvalue weighted by Gasteiger charge is 2.26. The molecule has 1 amide bonds. The highest BCUT2D eigenvalue weighted by atomic mass is 32.2. The molecule has 0 radical (unpaired) electrons. The highest BCUT2D eigenvalue weighted by Crippen LogP contribution is 2.18. The Hall–Kier alpha value is -2.73. The summed E-state index contributed by atoms with van der Waals surface area (Å²) in [6.07, 6.45) is 0. The molecule has 160 valence electrons. The topological polar surface area (TPSA) is 109 Å². The number of hydrogen-bond acceptors (Lipinski definition) is 6. The fraction of sp³-hybridized carbons (Fsp3) is 0.263. The summed E-state index contributed by atoms with van der Waals surface area (Å²) in [5.74, 6) is 0.260. The molecule has 1 saturated heterocycles. The van der Waals surface area contributed by atoms with Gasteiger partial charge < -0.3 is 14.8 Å². The highest BCUT2D eigenvalue weighted by molar-refractivity contribution is 7.89. The van der Waals surface area contributed by atoms with Crippen LogP contribution >= 0.6 is 12.2 Å². The Morgan fingerprint density at radius 1 is 1.03 bits per heavy atom. The number of ether oxygens (including phenoxy) is 2. The quantitative estimate of drug-likeness (QED) is 0.463. The van der Waals surface area contributed by atoms with Crippen LogP contribution in [0.3, 0.4) is 0 Å². The van der Waals surface area contributed by atoms with Gasteiger partial charge in [0.25, 0.3) is 5.91 Å². The van der Waals surface area contributed by atoms with Crippen molar-refractivity contribution in [2.24, 2.45) is 0 Å². The van der Waals surface area contributed by atoms with Crippen LogP contribution in [0.1, 0.15) is 10.4 Å². The number of carbonyl (C=O) groups excluding carboxylic acids is 1. The summed E-state index contributed by atoms with van der Waals surface area (Å²) in [6.45, 7) is 1.37. The van der Waals surface area contributed by atoms with E-state index in [1.54, 1.807) is 31.4 Å². The Kier molecular flexibility index (Phi) is 7.21. The molecule has 3 N–H and O–H groups in total. The molecule has 0 saturated carbocycles. The first-order valence-electron chi connectivity index (χ1n) is 9.09. The number of anilines is 1. The van der Waals surface area contributed by atoms with Gasteiger partial charge in [0, 0.05) is 24.3 Å². The van der Waals surface area contributed by atoms with Gasteiger partial charge in [0.1, 0.15) is 5.75 Å². The molecule has 1 heterocycles. The van der Waals surface area contributed by atoms with Crippen LogP contribution in [0.25, 0.3) is 0 Å². The lowest BCUT2D eigenvalue weighted by Gasteiger charge is -2.26. The van der Waals surface area contributed by atoms with E-state index in [4.69, 9.17) is 21.7 Å². The number of thiocarbonyl (C=S) groups is 1. The summed E-state index contributed by atoms with van der Waals surface area (Å²) >= 11 is 5.14. The third-order valence-corrected chi connectivity index (χ3v) is 6.48. The fourth-order valence-corrected chi connectivity index (χ4v) is 4.31. The molecule has 1 aliphatic heterocycles. The van der Waals surface area contributed by atoms with E-state index in [0.29, 0.717) is 32.1 Å². The van der Waals surface area contributed by atoms with Gasteiger partial charge in [0.2, 0.25) is 10.0 Å². The van der Waals surface area contributed by atoms with Gasteiger partial charge in [0.05, 0.1) is 25.2 Å². The molecule has 2 aromatic rings. The number of sulfonamides is 1. The van der Waals surface area contributed by atoms with Crippen LogP contribution in [0.15, 0.2) is 53.4 Å². The van der Waals surface area contributed by atoms with Crippen LogP contribution in [-0.4, -0.2) is 57.2 Å². The smallest absolute Gasteiger partial charge is 0.269 e. The van der Waals surface area contributed by atoms with E-state index >= 15 is 0 Å². The molecule has 0 atom stereocenters. The first-order valence-corrected chi connectivity index (χ1v) is 10.9. The molecule has 0 unspecified atom stereocenters. The number of benzene rings is 2. The zero-order valence-electron chi connectivity index (χ0n) is 16.3. The van der Waals surface area contributed by atoms with Gasteiger partial charge in [0.15, 0.2) is 5.11 Å². The molecule has 0 aliphatic carbocycles. The van der Waals surface area contributed by atoms with E-state index in [9.17, 15) is 13.2 Å². The molecule has 1 aliphatic rings. The van der Waals surface area contributed by atoms with Crippen molar-refractivity contribution in [1.29, 1.82) is 0 Å². The minimum absolute atomic E-state index is 0.130. The average molecular weight is 451 g/mol. The number of morpholine rings is 1. The number of hydrazine groups is 1. The van der Waals surface area contributed by atoms with E-state index in [1.807, 2.05) is 0 Å². The predicted molar refractivity (Wildman–Crippen MR) is 116 cm³/mol. The lowest BCUT2D eigenvalue weighted by molar-refractivity contribution is 0.0730. The lowest BCUT2D eigenvalue weighted by Crippen LogP contribution is -2.43. The fourth-order valence-electron chi connectivity index (χ4n) is 2.74. The predicted octanol–water partition coefficient (Wildman–Crippen LogP) is 1.35. The van der Waals surface area contributed by atoms with Crippen LogP contribution in [0.5, 0.6) is 5.75 Å². The Bertz CT molecular complexity index is 989. The molecule has 1 fully saturated rings. The van der Waals surface area contributed by atoms with Crippen molar-refractivity contribution >= 4 is 38.9 Å². The van der Waals surface area contributed by atoms with Gasteiger partial charge in [-0.25, -0.2) is 8.42 Å². The van der Waals surface area contributed by atoms with Gasteiger partial charge in [-0.3, -0.25) is 15.6 Å². The van der Waals surface area contributed by atoms with Crippen LogP contribution < -0.4 is 20.9 Å². The molecule has 9 nitrogen and oxygen atoms in total. The van der Waals surface area contributed by atoms with Crippen molar-refractivity contribution in [2.75, 3.05) is 38.7 Å². The monoisotopic (exact) mass is 450 g/mol. The second-order valence-electron chi connectivity index (χ2n) is 6.30. The third-order valence-electron chi connectivity index (χ3n) is 4.36. The summed E-state index contributed by atoms with van der Waals surface area (Å²) < 4.78 is 36.9. The van der Waals surface area contributed by atoms with Crippen molar-refractivity contribution in [2.45, 2.75) is 4.90 Å². The molecular weight excluding hydrogens is 428 g/mol. The molecule has 30 heavy (non-hydrogen) atoms. The van der Waals surface area contributed by atoms with Crippen molar-refractivity contribution in [3.8, 4) is 5.75 Å². The number of rotatable bonds is 5. The Morgan fingerprint density at radius 3 is 2.27 bits per heavy atom. The number of nitrogens with zero attached hydrogens (tertiary/aromatic N) is 1. The van der Waals surface area contributed by atoms with Crippen molar-refractivity contribution in [3.05, 3.63) is 54.1 Å². The molecule has 11 heteroatoms. The molecule has 3 rings (SSSR count). The zero-order valence-corrected chi connectivity index (χ0v) is 17.9. The Balaban J connectivity index is 1.54. The van der Waals surface area contributed by atoms with E-state index in [0.717, 1.165) is 5.69 Å². The standard InChI is InChI=1S/C19H22N4O5S2/c1-27-16-6-4-15(5-7-16)20-19(29)22-21-18(24)14-2-8-17(9-3-14)30(25,26)23-10-12-28-13-11-23/h2-9H,10-13H2,1H3,(H,21,24)(H2,20,22,29). The number of nitrogens with one attached hydrogen (secondary N) is 3. The van der Waals surface area contributed by atoms with Crippen LogP contribution in [0.4, 0.5) is 5.69 Å². The van der Waals surface area contributed by atoms with Crippen LogP contribution in [-0.2, 0) is 14.8 Å². The van der Waals surface area contributed by atoms with Crippen molar-refractivity contribution in [3.63, 3.8) is 0 Å². The van der Waals surface area contributed by atoms with E-state index in [2.05, 4.69) is 16.2 Å². The van der Waals surface area contributed by atoms with E-state index < -0.39 is 15.9 Å². The second-order valence-corrected chi connectivity index (χ2v) is 8.65. The summed E-state index contributed by atoms with van der Waals surface area (Å²) in [5, 5.41) is 3.11. The number of methoxy groups -OCH3 is 1. The van der Waals surface area contributed by atoms with Gasteiger partial charge in [-0.1, -0.05) is 0 Å². The molecular formula is C19H22N4O5S2. The second kappa shape index (κ2) is 9.85. The number of carbonyl (C=O) groups is 1. The Labute approximate surface area is 180 Å². The van der Waals surface area contributed by atoms with E-state index in [-0.39, 0.29) is 15.6 Å². The number of amides is 1. The maximum atomic E-state index is 12.6. The Morgan fingerprint density at radius 2 is 1.67 bits per heavy atom. The summed E-state index contributed by atoms with van der Waals surface area (Å²) in [7, 11) is -2.03. The minimum Gasteiger partial charge on any atom is -0.497 e. The molecule has 0 aromatic heterocycles. The van der Waals surface area contributed by atoms with Gasteiger partial charge in [-0.2, -0.15) is 4.31 Å². The lowest BCUT2D eigenvalue weighted by atomic mass is 10.2. The van der Waals surface area contributed by atoms with Crippen molar-refractivity contribution in [1.82, 2.24) is 15.2 Å².